The fourth-order valence-corrected chi connectivity index (χ4v) is 1.47. The van der Waals surface area contributed by atoms with Crippen molar-refractivity contribution in [1.29, 1.82) is 0 Å². The van der Waals surface area contributed by atoms with E-state index in [1.165, 1.54) is 11.3 Å². The highest BCUT2D eigenvalue weighted by atomic mass is 15.2. The molecule has 2 heteroatoms. The molecule has 0 atom stereocenters. The number of nitrogens with zero attached hydrogens (tertiary/aromatic N) is 2. The predicted molar refractivity (Wildman–Crippen MR) is 51.9 cm³/mol. The molecule has 0 amide bonds. The summed E-state index contributed by atoms with van der Waals surface area (Å²) in [6.45, 7) is 3.97. The SMILES string of the molecule is CCN1CN=Cc2ccccc21. The molecule has 0 aliphatic carbocycles. The van der Waals surface area contributed by atoms with Crippen LogP contribution in [0.15, 0.2) is 29.3 Å². The highest BCUT2D eigenvalue weighted by Crippen LogP contribution is 2.20. The van der Waals surface area contributed by atoms with Gasteiger partial charge in [0, 0.05) is 24.0 Å². The molecule has 2 nitrogen and oxygen atoms in total. The van der Waals surface area contributed by atoms with Gasteiger partial charge in [0.1, 0.15) is 6.67 Å². The summed E-state index contributed by atoms with van der Waals surface area (Å²) in [7, 11) is 0. The van der Waals surface area contributed by atoms with Gasteiger partial charge >= 0.3 is 0 Å². The zero-order chi connectivity index (χ0) is 8.39. The Kier molecular flexibility index (Phi) is 1.82. The zero-order valence-electron chi connectivity index (χ0n) is 7.20. The van der Waals surface area contributed by atoms with Crippen LogP contribution in [0.4, 0.5) is 5.69 Å². The van der Waals surface area contributed by atoms with Crippen LogP contribution in [-0.4, -0.2) is 19.4 Å². The molecule has 2 rings (SSSR count). The summed E-state index contributed by atoms with van der Waals surface area (Å²) in [5.41, 5.74) is 2.53. The fraction of sp³-hybridized carbons (Fsp3) is 0.300. The van der Waals surface area contributed by atoms with E-state index in [0.717, 1.165) is 13.2 Å². The molecule has 12 heavy (non-hydrogen) atoms. The molecule has 62 valence electrons. The highest BCUT2D eigenvalue weighted by molar-refractivity contribution is 5.89. The topological polar surface area (TPSA) is 15.6 Å². The Hall–Kier alpha value is -1.31. The highest BCUT2D eigenvalue weighted by Gasteiger charge is 2.09. The predicted octanol–water partition coefficient (Wildman–Crippen LogP) is 1.90. The standard InChI is InChI=1S/C10H12N2/c1-2-12-8-11-7-9-5-3-4-6-10(9)12/h3-7H,2,8H2,1H3. The second-order valence-corrected chi connectivity index (χ2v) is 2.87. The average molecular weight is 160 g/mol. The summed E-state index contributed by atoms with van der Waals surface area (Å²) in [4.78, 5) is 6.53. The minimum absolute atomic E-state index is 0.799. The van der Waals surface area contributed by atoms with E-state index in [9.17, 15) is 0 Å². The van der Waals surface area contributed by atoms with Crippen LogP contribution in [0.1, 0.15) is 12.5 Å². The van der Waals surface area contributed by atoms with Crippen molar-refractivity contribution in [3.8, 4) is 0 Å². The van der Waals surface area contributed by atoms with E-state index >= 15 is 0 Å². The molecule has 1 aliphatic rings. The van der Waals surface area contributed by atoms with Crippen LogP contribution in [0, 0.1) is 0 Å². The van der Waals surface area contributed by atoms with Gasteiger partial charge in [-0.1, -0.05) is 18.2 Å². The Morgan fingerprint density at radius 3 is 3.08 bits per heavy atom. The summed E-state index contributed by atoms with van der Waals surface area (Å²) < 4.78 is 0. The van der Waals surface area contributed by atoms with E-state index in [1.54, 1.807) is 0 Å². The van der Waals surface area contributed by atoms with E-state index in [1.807, 2.05) is 12.3 Å². The lowest BCUT2D eigenvalue weighted by Crippen LogP contribution is -2.26. The molecule has 1 aliphatic heterocycles. The Morgan fingerprint density at radius 1 is 1.42 bits per heavy atom. The van der Waals surface area contributed by atoms with Gasteiger partial charge in [0.25, 0.3) is 0 Å². The van der Waals surface area contributed by atoms with Crippen LogP contribution in [0.25, 0.3) is 0 Å². The van der Waals surface area contributed by atoms with Crippen molar-refractivity contribution in [1.82, 2.24) is 0 Å². The third-order valence-electron chi connectivity index (χ3n) is 2.14. The van der Waals surface area contributed by atoms with Crippen molar-refractivity contribution in [2.45, 2.75) is 6.92 Å². The quantitative estimate of drug-likeness (QED) is 0.612. The molecule has 0 aromatic heterocycles. The maximum atomic E-state index is 4.27. The maximum absolute atomic E-state index is 4.27. The van der Waals surface area contributed by atoms with Crippen LogP contribution in [0.2, 0.25) is 0 Å². The molecular weight excluding hydrogens is 148 g/mol. The first-order valence-corrected chi connectivity index (χ1v) is 4.25. The number of fused-ring (bicyclic) bond motifs is 1. The molecule has 0 bridgehead atoms. The van der Waals surface area contributed by atoms with Gasteiger partial charge in [0.15, 0.2) is 0 Å². The smallest absolute Gasteiger partial charge is 0.110 e. The number of para-hydroxylation sites is 1. The van der Waals surface area contributed by atoms with Gasteiger partial charge in [-0.15, -0.1) is 0 Å². The van der Waals surface area contributed by atoms with Crippen LogP contribution in [0.5, 0.6) is 0 Å². The van der Waals surface area contributed by atoms with Crippen molar-refractivity contribution in [2.75, 3.05) is 18.1 Å². The number of anilines is 1. The largest absolute Gasteiger partial charge is 0.352 e. The third-order valence-corrected chi connectivity index (χ3v) is 2.14. The monoisotopic (exact) mass is 160 g/mol. The van der Waals surface area contributed by atoms with Gasteiger partial charge in [-0.2, -0.15) is 0 Å². The van der Waals surface area contributed by atoms with E-state index in [4.69, 9.17) is 0 Å². The normalized spacial score (nSPS) is 14.6. The molecule has 0 unspecified atom stereocenters. The van der Waals surface area contributed by atoms with Crippen molar-refractivity contribution in [2.24, 2.45) is 4.99 Å². The third kappa shape index (κ3) is 1.09. The molecule has 1 heterocycles. The number of aliphatic imine (C=N–C) groups is 1. The number of benzene rings is 1. The maximum Gasteiger partial charge on any atom is 0.110 e. The Bertz CT molecular complexity index is 304. The molecule has 0 spiro atoms. The van der Waals surface area contributed by atoms with Crippen molar-refractivity contribution < 1.29 is 0 Å². The molecule has 0 fully saturated rings. The van der Waals surface area contributed by atoms with Crippen LogP contribution in [-0.2, 0) is 0 Å². The Labute approximate surface area is 72.5 Å². The van der Waals surface area contributed by atoms with Crippen LogP contribution in [0.3, 0.4) is 0 Å². The second kappa shape index (κ2) is 2.97. The molecule has 0 saturated heterocycles. The van der Waals surface area contributed by atoms with E-state index in [2.05, 4.69) is 35.0 Å². The van der Waals surface area contributed by atoms with Crippen molar-refractivity contribution in [3.63, 3.8) is 0 Å². The minimum Gasteiger partial charge on any atom is -0.352 e. The van der Waals surface area contributed by atoms with Gasteiger partial charge in [0.2, 0.25) is 0 Å². The lowest BCUT2D eigenvalue weighted by atomic mass is 10.1. The van der Waals surface area contributed by atoms with Gasteiger partial charge < -0.3 is 4.90 Å². The summed E-state index contributed by atoms with van der Waals surface area (Å²) in [6.07, 6.45) is 1.95. The fourth-order valence-electron chi connectivity index (χ4n) is 1.47. The molecule has 1 aromatic rings. The van der Waals surface area contributed by atoms with Gasteiger partial charge in [0.05, 0.1) is 0 Å². The van der Waals surface area contributed by atoms with Crippen LogP contribution >= 0.6 is 0 Å². The summed E-state index contributed by atoms with van der Waals surface area (Å²) in [6, 6.07) is 8.36. The molecular formula is C10H12N2. The number of rotatable bonds is 1. The summed E-state index contributed by atoms with van der Waals surface area (Å²) >= 11 is 0. The van der Waals surface area contributed by atoms with Crippen molar-refractivity contribution in [3.05, 3.63) is 29.8 Å². The van der Waals surface area contributed by atoms with E-state index < -0.39 is 0 Å². The van der Waals surface area contributed by atoms with E-state index in [0.29, 0.717) is 0 Å². The minimum atomic E-state index is 0.799. The molecule has 1 aromatic carbocycles. The lowest BCUT2D eigenvalue weighted by molar-refractivity contribution is 0.837. The summed E-state index contributed by atoms with van der Waals surface area (Å²) in [5.74, 6) is 0. The van der Waals surface area contributed by atoms with Crippen molar-refractivity contribution >= 4 is 11.9 Å². The van der Waals surface area contributed by atoms with E-state index in [-0.39, 0.29) is 0 Å². The number of hydrogen-bond donors (Lipinski definition) is 0. The Morgan fingerprint density at radius 2 is 2.25 bits per heavy atom. The van der Waals surface area contributed by atoms with Gasteiger partial charge in [-0.05, 0) is 13.0 Å². The zero-order valence-corrected chi connectivity index (χ0v) is 7.20. The average Bonchev–Trinajstić information content (AvgIpc) is 2.17. The van der Waals surface area contributed by atoms with Gasteiger partial charge in [-0.25, -0.2) is 0 Å². The first-order valence-electron chi connectivity index (χ1n) is 4.25. The Balaban J connectivity index is 2.45. The molecule has 0 saturated carbocycles. The first-order chi connectivity index (χ1) is 5.92. The second-order valence-electron chi connectivity index (χ2n) is 2.87. The molecule has 0 radical (unpaired) electrons. The lowest BCUT2D eigenvalue weighted by Gasteiger charge is -2.25. The van der Waals surface area contributed by atoms with Crippen LogP contribution < -0.4 is 4.90 Å². The van der Waals surface area contributed by atoms with Gasteiger partial charge in [-0.3, -0.25) is 4.99 Å². The first kappa shape index (κ1) is 7.35. The number of hydrogen-bond acceptors (Lipinski definition) is 2. The summed E-state index contributed by atoms with van der Waals surface area (Å²) in [5, 5.41) is 0. The molecule has 0 N–H and O–H groups in total.